The molecule has 1 aliphatic rings. The van der Waals surface area contributed by atoms with E-state index < -0.39 is 11.6 Å². The van der Waals surface area contributed by atoms with E-state index in [2.05, 4.69) is 6.92 Å². The van der Waals surface area contributed by atoms with E-state index in [1.807, 2.05) is 18.7 Å². The zero-order valence-electron chi connectivity index (χ0n) is 13.2. The first-order chi connectivity index (χ1) is 9.92. The third-order valence-electron chi connectivity index (χ3n) is 4.50. The molecule has 1 fully saturated rings. The molecule has 1 aromatic rings. The zero-order valence-corrected chi connectivity index (χ0v) is 13.2. The minimum atomic E-state index is -0.464. The molecule has 2 rings (SSSR count). The van der Waals surface area contributed by atoms with Crippen molar-refractivity contribution in [1.82, 2.24) is 0 Å². The molecule has 0 bridgehead atoms. The first-order valence-corrected chi connectivity index (χ1v) is 7.92. The van der Waals surface area contributed by atoms with Crippen LogP contribution in [0.2, 0.25) is 0 Å². The van der Waals surface area contributed by atoms with Gasteiger partial charge in [0.25, 0.3) is 0 Å². The first kappa shape index (κ1) is 16.2. The predicted molar refractivity (Wildman–Crippen MR) is 83.5 cm³/mol. The smallest absolute Gasteiger partial charge is 0.149 e. The molecule has 118 valence electrons. The third-order valence-corrected chi connectivity index (χ3v) is 4.50. The van der Waals surface area contributed by atoms with Gasteiger partial charge in [0.1, 0.15) is 17.3 Å². The molecule has 2 N–H and O–H groups in total. The zero-order chi connectivity index (χ0) is 15.6. The van der Waals surface area contributed by atoms with Crippen molar-refractivity contribution in [2.45, 2.75) is 58.5 Å². The molecule has 0 amide bonds. The summed E-state index contributed by atoms with van der Waals surface area (Å²) in [7, 11) is 0. The van der Waals surface area contributed by atoms with Gasteiger partial charge in [0, 0.05) is 18.6 Å². The van der Waals surface area contributed by atoms with Crippen LogP contribution >= 0.6 is 0 Å². The Kier molecular flexibility index (Phi) is 5.20. The fourth-order valence-electron chi connectivity index (χ4n) is 3.06. The lowest BCUT2D eigenvalue weighted by Gasteiger charge is -2.39. The Bertz CT molecular complexity index is 467. The lowest BCUT2D eigenvalue weighted by Crippen LogP contribution is -2.42. The van der Waals surface area contributed by atoms with Gasteiger partial charge in [-0.1, -0.05) is 13.8 Å². The number of nitrogens with zero attached hydrogens (tertiary/aromatic N) is 1. The number of hydrogen-bond donors (Lipinski definition) is 1. The molecule has 4 heteroatoms. The van der Waals surface area contributed by atoms with Gasteiger partial charge in [0.15, 0.2) is 0 Å². The van der Waals surface area contributed by atoms with E-state index in [1.54, 1.807) is 0 Å². The van der Waals surface area contributed by atoms with Crippen molar-refractivity contribution in [3.63, 3.8) is 0 Å². The maximum Gasteiger partial charge on any atom is 0.149 e. The van der Waals surface area contributed by atoms with Crippen LogP contribution in [0.25, 0.3) is 0 Å². The molecule has 0 spiro atoms. The van der Waals surface area contributed by atoms with Gasteiger partial charge in [-0.25, -0.2) is 8.78 Å². The summed E-state index contributed by atoms with van der Waals surface area (Å²) in [6.07, 6.45) is 3.40. The van der Waals surface area contributed by atoms with Crippen LogP contribution in [0, 0.1) is 17.6 Å². The van der Waals surface area contributed by atoms with Crippen LogP contribution in [0.3, 0.4) is 0 Å². The van der Waals surface area contributed by atoms with E-state index in [0.29, 0.717) is 24.4 Å². The molecule has 0 aliphatic carbocycles. The van der Waals surface area contributed by atoms with Crippen molar-refractivity contribution in [2.75, 3.05) is 11.4 Å². The molecule has 1 aliphatic heterocycles. The van der Waals surface area contributed by atoms with E-state index in [-0.39, 0.29) is 17.8 Å². The number of benzene rings is 1. The van der Waals surface area contributed by atoms with Crippen molar-refractivity contribution in [1.29, 1.82) is 0 Å². The van der Waals surface area contributed by atoms with Crippen LogP contribution in [0.1, 0.15) is 45.6 Å². The molecule has 1 aromatic carbocycles. The van der Waals surface area contributed by atoms with Crippen LogP contribution in [-0.4, -0.2) is 18.6 Å². The Morgan fingerprint density at radius 3 is 2.43 bits per heavy atom. The summed E-state index contributed by atoms with van der Waals surface area (Å²) >= 11 is 0. The highest BCUT2D eigenvalue weighted by atomic mass is 19.1. The van der Waals surface area contributed by atoms with Crippen LogP contribution in [-0.2, 0) is 6.42 Å². The molecule has 1 saturated heterocycles. The molecule has 0 radical (unpaired) electrons. The Balaban J connectivity index is 2.28. The molecule has 2 nitrogen and oxygen atoms in total. The SMILES string of the molecule is CCC(N)Cc1cc(F)c(N2CC(C)CCC2C)c(F)c1. The summed E-state index contributed by atoms with van der Waals surface area (Å²) in [5.41, 5.74) is 6.64. The minimum absolute atomic E-state index is 0.0522. The summed E-state index contributed by atoms with van der Waals surface area (Å²) in [6.45, 7) is 6.85. The average molecular weight is 296 g/mol. The number of anilines is 1. The van der Waals surface area contributed by atoms with E-state index >= 15 is 0 Å². The molecular weight excluding hydrogens is 270 g/mol. The molecule has 0 aromatic heterocycles. The van der Waals surface area contributed by atoms with Crippen LogP contribution < -0.4 is 10.6 Å². The van der Waals surface area contributed by atoms with Crippen LogP contribution in [0.5, 0.6) is 0 Å². The van der Waals surface area contributed by atoms with E-state index in [9.17, 15) is 8.78 Å². The lowest BCUT2D eigenvalue weighted by molar-refractivity contribution is 0.381. The summed E-state index contributed by atoms with van der Waals surface area (Å²) in [5.74, 6) is -0.461. The maximum atomic E-state index is 14.4. The highest BCUT2D eigenvalue weighted by Gasteiger charge is 2.27. The van der Waals surface area contributed by atoms with Gasteiger partial charge in [-0.2, -0.15) is 0 Å². The predicted octanol–water partition coefficient (Wildman–Crippen LogP) is 3.87. The molecule has 0 saturated carbocycles. The summed E-state index contributed by atoms with van der Waals surface area (Å²) in [6, 6.07) is 3.01. The van der Waals surface area contributed by atoms with Crippen LogP contribution in [0.15, 0.2) is 12.1 Å². The Morgan fingerprint density at radius 1 is 1.24 bits per heavy atom. The highest BCUT2D eigenvalue weighted by molar-refractivity contribution is 5.52. The fourth-order valence-corrected chi connectivity index (χ4v) is 3.06. The summed E-state index contributed by atoms with van der Waals surface area (Å²) in [5, 5.41) is 0. The lowest BCUT2D eigenvalue weighted by atomic mass is 9.94. The van der Waals surface area contributed by atoms with Gasteiger partial charge >= 0.3 is 0 Å². The second kappa shape index (κ2) is 6.73. The van der Waals surface area contributed by atoms with Crippen molar-refractivity contribution < 1.29 is 8.78 Å². The molecular formula is C17H26F2N2. The second-order valence-electron chi connectivity index (χ2n) is 6.46. The molecule has 1 heterocycles. The number of hydrogen-bond acceptors (Lipinski definition) is 2. The van der Waals surface area contributed by atoms with E-state index in [4.69, 9.17) is 5.73 Å². The van der Waals surface area contributed by atoms with Gasteiger partial charge in [0.05, 0.1) is 0 Å². The van der Waals surface area contributed by atoms with Gasteiger partial charge < -0.3 is 10.6 Å². The monoisotopic (exact) mass is 296 g/mol. The Hall–Kier alpha value is -1.16. The Labute approximate surface area is 126 Å². The average Bonchev–Trinajstić information content (AvgIpc) is 2.41. The number of halogens is 2. The molecule has 21 heavy (non-hydrogen) atoms. The topological polar surface area (TPSA) is 29.3 Å². The van der Waals surface area contributed by atoms with Crippen molar-refractivity contribution in [2.24, 2.45) is 11.7 Å². The van der Waals surface area contributed by atoms with Crippen LogP contribution in [0.4, 0.5) is 14.5 Å². The second-order valence-corrected chi connectivity index (χ2v) is 6.46. The van der Waals surface area contributed by atoms with E-state index in [1.165, 1.54) is 12.1 Å². The van der Waals surface area contributed by atoms with Gasteiger partial charge in [-0.3, -0.25) is 0 Å². The van der Waals surface area contributed by atoms with Gasteiger partial charge in [-0.15, -0.1) is 0 Å². The van der Waals surface area contributed by atoms with Crippen molar-refractivity contribution >= 4 is 5.69 Å². The quantitative estimate of drug-likeness (QED) is 0.914. The Morgan fingerprint density at radius 2 is 1.86 bits per heavy atom. The number of piperidine rings is 1. The van der Waals surface area contributed by atoms with Gasteiger partial charge in [-0.05, 0) is 56.2 Å². The normalized spacial score (nSPS) is 24.2. The third kappa shape index (κ3) is 3.73. The summed E-state index contributed by atoms with van der Waals surface area (Å²) in [4.78, 5) is 1.88. The van der Waals surface area contributed by atoms with Crippen molar-refractivity contribution in [3.05, 3.63) is 29.3 Å². The first-order valence-electron chi connectivity index (χ1n) is 7.92. The molecule has 3 unspecified atom stereocenters. The van der Waals surface area contributed by atoms with Crippen molar-refractivity contribution in [3.8, 4) is 0 Å². The fraction of sp³-hybridized carbons (Fsp3) is 0.647. The van der Waals surface area contributed by atoms with E-state index in [0.717, 1.165) is 19.3 Å². The maximum absolute atomic E-state index is 14.4. The minimum Gasteiger partial charge on any atom is -0.364 e. The number of rotatable bonds is 4. The summed E-state index contributed by atoms with van der Waals surface area (Å²) < 4.78 is 28.9. The largest absolute Gasteiger partial charge is 0.364 e. The van der Waals surface area contributed by atoms with Gasteiger partial charge in [0.2, 0.25) is 0 Å². The molecule has 3 atom stereocenters. The standard InChI is InChI=1S/C17H26F2N2/c1-4-14(20)7-13-8-15(18)17(16(19)9-13)21-10-11(2)5-6-12(21)3/h8-9,11-12,14H,4-7,10,20H2,1-3H3. The number of nitrogens with two attached hydrogens (primary N) is 1. The highest BCUT2D eigenvalue weighted by Crippen LogP contribution is 2.32.